The first-order valence-electron chi connectivity index (χ1n) is 9.81. The van der Waals surface area contributed by atoms with Gasteiger partial charge in [0.2, 0.25) is 0 Å². The van der Waals surface area contributed by atoms with Crippen LogP contribution in [-0.4, -0.2) is 49.1 Å². The van der Waals surface area contributed by atoms with Crippen molar-refractivity contribution < 1.29 is 18.7 Å². The predicted octanol–water partition coefficient (Wildman–Crippen LogP) is 3.04. The SMILES string of the molecule is CCOc1ccc(C(=O)N2CCC3(CC2)NC(=O)c2cc(F)ccc2N3C)cc1. The number of carbonyl (C=O) groups is 2. The summed E-state index contributed by atoms with van der Waals surface area (Å²) in [5, 5.41) is 3.05. The highest BCUT2D eigenvalue weighted by Gasteiger charge is 2.45. The van der Waals surface area contributed by atoms with E-state index in [4.69, 9.17) is 4.74 Å². The van der Waals surface area contributed by atoms with Crippen LogP contribution in [0.3, 0.4) is 0 Å². The molecule has 0 bridgehead atoms. The normalized spacial score (nSPS) is 17.7. The molecule has 2 aliphatic heterocycles. The first kappa shape index (κ1) is 19.2. The van der Waals surface area contributed by atoms with Gasteiger partial charge in [0.15, 0.2) is 0 Å². The van der Waals surface area contributed by atoms with Gasteiger partial charge >= 0.3 is 0 Å². The van der Waals surface area contributed by atoms with Crippen molar-refractivity contribution in [3.05, 3.63) is 59.4 Å². The number of fused-ring (bicyclic) bond motifs is 1. The number of hydrogen-bond donors (Lipinski definition) is 1. The third-order valence-corrected chi connectivity index (χ3v) is 5.84. The van der Waals surface area contributed by atoms with Crippen LogP contribution in [0.2, 0.25) is 0 Å². The molecule has 152 valence electrons. The van der Waals surface area contributed by atoms with Crippen LogP contribution in [-0.2, 0) is 0 Å². The lowest BCUT2D eigenvalue weighted by molar-refractivity contribution is 0.0609. The zero-order chi connectivity index (χ0) is 20.6. The van der Waals surface area contributed by atoms with Crippen molar-refractivity contribution in [1.82, 2.24) is 10.2 Å². The molecule has 29 heavy (non-hydrogen) atoms. The number of halogens is 1. The maximum Gasteiger partial charge on any atom is 0.255 e. The van der Waals surface area contributed by atoms with Gasteiger partial charge in [-0.15, -0.1) is 0 Å². The summed E-state index contributed by atoms with van der Waals surface area (Å²) in [5.41, 5.74) is 1.09. The molecule has 2 aromatic rings. The van der Waals surface area contributed by atoms with Crippen molar-refractivity contribution in [3.63, 3.8) is 0 Å². The minimum Gasteiger partial charge on any atom is -0.494 e. The van der Waals surface area contributed by atoms with Gasteiger partial charge in [-0.3, -0.25) is 9.59 Å². The van der Waals surface area contributed by atoms with E-state index in [1.165, 1.54) is 12.1 Å². The molecular formula is C22H24FN3O3. The molecule has 0 unspecified atom stereocenters. The Balaban J connectivity index is 1.48. The molecule has 0 atom stereocenters. The fraction of sp³-hybridized carbons (Fsp3) is 0.364. The van der Waals surface area contributed by atoms with Crippen molar-refractivity contribution in [1.29, 1.82) is 0 Å². The van der Waals surface area contributed by atoms with Crippen LogP contribution in [0.1, 0.15) is 40.5 Å². The molecule has 0 radical (unpaired) electrons. The second-order valence-corrected chi connectivity index (χ2v) is 7.46. The second kappa shape index (κ2) is 7.39. The Labute approximate surface area is 169 Å². The van der Waals surface area contributed by atoms with E-state index in [-0.39, 0.29) is 11.8 Å². The zero-order valence-corrected chi connectivity index (χ0v) is 16.6. The number of benzene rings is 2. The number of nitrogens with zero attached hydrogens (tertiary/aromatic N) is 2. The molecule has 0 saturated carbocycles. The number of hydrogen-bond acceptors (Lipinski definition) is 4. The number of nitrogens with one attached hydrogen (secondary N) is 1. The summed E-state index contributed by atoms with van der Waals surface area (Å²) in [7, 11) is 1.90. The lowest BCUT2D eigenvalue weighted by Gasteiger charge is -2.51. The summed E-state index contributed by atoms with van der Waals surface area (Å²) in [6, 6.07) is 11.4. The lowest BCUT2D eigenvalue weighted by Crippen LogP contribution is -2.67. The minimum absolute atomic E-state index is 0.0323. The molecule has 1 N–H and O–H groups in total. The summed E-state index contributed by atoms with van der Waals surface area (Å²) in [4.78, 5) is 29.3. The number of likely N-dealkylation sites (tertiary alicyclic amines) is 1. The summed E-state index contributed by atoms with van der Waals surface area (Å²) < 4.78 is 19.0. The number of piperidine rings is 1. The second-order valence-electron chi connectivity index (χ2n) is 7.46. The number of carbonyl (C=O) groups excluding carboxylic acids is 2. The molecule has 2 amide bonds. The van der Waals surface area contributed by atoms with Crippen molar-refractivity contribution in [3.8, 4) is 5.75 Å². The Morgan fingerprint density at radius 1 is 1.17 bits per heavy atom. The Morgan fingerprint density at radius 2 is 1.86 bits per heavy atom. The van der Waals surface area contributed by atoms with Gasteiger partial charge in [0.25, 0.3) is 11.8 Å². The van der Waals surface area contributed by atoms with Gasteiger partial charge in [0.05, 0.1) is 17.9 Å². The van der Waals surface area contributed by atoms with E-state index in [0.29, 0.717) is 49.4 Å². The fourth-order valence-electron chi connectivity index (χ4n) is 4.16. The molecule has 0 aromatic heterocycles. The molecule has 0 aliphatic carbocycles. The topological polar surface area (TPSA) is 61.9 Å². The van der Waals surface area contributed by atoms with Crippen molar-refractivity contribution in [2.45, 2.75) is 25.4 Å². The molecule has 2 aliphatic rings. The van der Waals surface area contributed by atoms with E-state index in [2.05, 4.69) is 5.32 Å². The van der Waals surface area contributed by atoms with Crippen molar-refractivity contribution in [2.75, 3.05) is 31.6 Å². The molecule has 6 nitrogen and oxygen atoms in total. The smallest absolute Gasteiger partial charge is 0.255 e. The largest absolute Gasteiger partial charge is 0.494 e. The van der Waals surface area contributed by atoms with Gasteiger partial charge in [-0.25, -0.2) is 4.39 Å². The highest BCUT2D eigenvalue weighted by molar-refractivity contribution is 6.02. The Bertz CT molecular complexity index is 937. The average Bonchev–Trinajstić information content (AvgIpc) is 2.73. The zero-order valence-electron chi connectivity index (χ0n) is 16.6. The monoisotopic (exact) mass is 397 g/mol. The van der Waals surface area contributed by atoms with Gasteiger partial charge in [-0.1, -0.05) is 0 Å². The van der Waals surface area contributed by atoms with E-state index in [9.17, 15) is 14.0 Å². The summed E-state index contributed by atoms with van der Waals surface area (Å²) >= 11 is 0. The third kappa shape index (κ3) is 3.41. The molecule has 1 spiro atoms. The van der Waals surface area contributed by atoms with Crippen LogP contribution in [0.15, 0.2) is 42.5 Å². The van der Waals surface area contributed by atoms with E-state index in [1.54, 1.807) is 35.2 Å². The number of amides is 2. The van der Waals surface area contributed by atoms with Gasteiger partial charge in [0.1, 0.15) is 17.2 Å². The maximum absolute atomic E-state index is 13.5. The summed E-state index contributed by atoms with van der Waals surface area (Å²) in [5.74, 6) is 0.00126. The van der Waals surface area contributed by atoms with Crippen LogP contribution in [0, 0.1) is 5.82 Å². The number of anilines is 1. The van der Waals surface area contributed by atoms with Gasteiger partial charge < -0.3 is 19.9 Å². The van der Waals surface area contributed by atoms with E-state index >= 15 is 0 Å². The Hall–Kier alpha value is -3.09. The average molecular weight is 397 g/mol. The summed E-state index contributed by atoms with van der Waals surface area (Å²) in [6.45, 7) is 3.54. The fourth-order valence-corrected chi connectivity index (χ4v) is 4.16. The molecule has 2 aromatic carbocycles. The Kier molecular flexibility index (Phi) is 4.90. The van der Waals surface area contributed by atoms with Gasteiger partial charge in [-0.05, 0) is 49.4 Å². The van der Waals surface area contributed by atoms with Crippen LogP contribution in [0.4, 0.5) is 10.1 Å². The molecular weight excluding hydrogens is 373 g/mol. The van der Waals surface area contributed by atoms with Crippen molar-refractivity contribution >= 4 is 17.5 Å². The molecule has 7 heteroatoms. The van der Waals surface area contributed by atoms with E-state index in [1.807, 2.05) is 18.9 Å². The molecule has 1 fully saturated rings. The van der Waals surface area contributed by atoms with Gasteiger partial charge in [0, 0.05) is 38.5 Å². The highest BCUT2D eigenvalue weighted by atomic mass is 19.1. The standard InChI is InChI=1S/C22H24FN3O3/c1-3-29-17-7-4-15(5-8-17)21(28)26-12-10-22(11-13-26)24-20(27)18-14-16(23)6-9-19(18)25(22)2/h4-9,14H,3,10-13H2,1-2H3,(H,24,27). The van der Waals surface area contributed by atoms with Crippen LogP contribution >= 0.6 is 0 Å². The summed E-state index contributed by atoms with van der Waals surface area (Å²) in [6.07, 6.45) is 1.18. The number of rotatable bonds is 3. The predicted molar refractivity (Wildman–Crippen MR) is 108 cm³/mol. The first-order chi connectivity index (χ1) is 13.9. The lowest BCUT2D eigenvalue weighted by atomic mass is 9.90. The van der Waals surface area contributed by atoms with E-state index in [0.717, 1.165) is 5.75 Å². The van der Waals surface area contributed by atoms with Crippen LogP contribution in [0.25, 0.3) is 0 Å². The number of ether oxygens (including phenoxy) is 1. The molecule has 4 rings (SSSR count). The van der Waals surface area contributed by atoms with E-state index < -0.39 is 11.5 Å². The minimum atomic E-state index is -0.572. The van der Waals surface area contributed by atoms with Gasteiger partial charge in [-0.2, -0.15) is 0 Å². The van der Waals surface area contributed by atoms with Crippen molar-refractivity contribution in [2.24, 2.45) is 0 Å². The third-order valence-electron chi connectivity index (χ3n) is 5.84. The van der Waals surface area contributed by atoms with Crippen LogP contribution < -0.4 is 15.0 Å². The molecule has 2 heterocycles. The highest BCUT2D eigenvalue weighted by Crippen LogP contribution is 2.36. The van der Waals surface area contributed by atoms with Crippen LogP contribution in [0.5, 0.6) is 5.75 Å². The molecule has 1 saturated heterocycles. The maximum atomic E-state index is 13.5. The Morgan fingerprint density at radius 3 is 2.52 bits per heavy atom. The first-order valence-corrected chi connectivity index (χ1v) is 9.81. The quantitative estimate of drug-likeness (QED) is 0.865.